The van der Waals surface area contributed by atoms with Gasteiger partial charge in [-0.05, 0) is 22.9 Å². The maximum absolute atomic E-state index is 8.68. The van der Waals surface area contributed by atoms with Crippen LogP contribution in [0.3, 0.4) is 0 Å². The van der Waals surface area contributed by atoms with Gasteiger partial charge in [0.1, 0.15) is 16.2 Å². The van der Waals surface area contributed by atoms with Crippen molar-refractivity contribution in [3.8, 4) is 6.07 Å². The molecule has 0 saturated heterocycles. The number of aromatic nitrogens is 2. The van der Waals surface area contributed by atoms with Gasteiger partial charge in [0, 0.05) is 24.6 Å². The fourth-order valence-corrected chi connectivity index (χ4v) is 1.90. The van der Waals surface area contributed by atoms with E-state index in [2.05, 4.69) is 64.6 Å². The van der Waals surface area contributed by atoms with Crippen molar-refractivity contribution in [3.05, 3.63) is 16.5 Å². The van der Waals surface area contributed by atoms with Crippen molar-refractivity contribution in [2.45, 2.75) is 39.5 Å². The second-order valence-corrected chi connectivity index (χ2v) is 5.92. The Labute approximate surface area is 117 Å². The van der Waals surface area contributed by atoms with Crippen LogP contribution in [0, 0.1) is 11.3 Å². The van der Waals surface area contributed by atoms with Gasteiger partial charge in [0.2, 0.25) is 0 Å². The van der Waals surface area contributed by atoms with E-state index in [9.17, 15) is 0 Å². The van der Waals surface area contributed by atoms with Crippen LogP contribution in [0.1, 0.15) is 39.9 Å². The average Bonchev–Trinajstić information content (AvgIpc) is 2.28. The summed E-state index contributed by atoms with van der Waals surface area (Å²) in [5.74, 6) is 1.68. The van der Waals surface area contributed by atoms with E-state index in [1.807, 2.05) is 6.07 Å². The van der Waals surface area contributed by atoms with Crippen molar-refractivity contribution in [2.24, 2.45) is 0 Å². The first kappa shape index (κ1) is 14.9. The van der Waals surface area contributed by atoms with Gasteiger partial charge in [0.05, 0.1) is 12.5 Å². The maximum atomic E-state index is 8.68. The fraction of sp³-hybridized carbons (Fsp3) is 0.615. The molecule has 0 aliphatic heterocycles. The summed E-state index contributed by atoms with van der Waals surface area (Å²) in [5, 5.41) is 8.68. The lowest BCUT2D eigenvalue weighted by Crippen LogP contribution is -2.26. The number of hydrogen-bond donors (Lipinski definition) is 0. The minimum absolute atomic E-state index is 0.0901. The average molecular weight is 311 g/mol. The lowest BCUT2D eigenvalue weighted by Gasteiger charge is -2.24. The van der Waals surface area contributed by atoms with Crippen LogP contribution >= 0.6 is 15.9 Å². The number of anilines is 1. The molecule has 0 amide bonds. The third-order valence-electron chi connectivity index (χ3n) is 2.55. The molecule has 0 aliphatic rings. The standard InChI is InChI=1S/C13H19BrN4/c1-5-18(8-6-7-15)11-9-10(14)16-12(17-11)13(2,3)4/h9H,5-6,8H2,1-4H3. The SMILES string of the molecule is CCN(CCC#N)c1cc(Br)nc(C(C)(C)C)n1. The molecule has 0 spiro atoms. The van der Waals surface area contributed by atoms with E-state index in [1.54, 1.807) is 0 Å². The molecule has 0 radical (unpaired) electrons. The van der Waals surface area contributed by atoms with Crippen molar-refractivity contribution in [3.63, 3.8) is 0 Å². The molecule has 5 heteroatoms. The quantitative estimate of drug-likeness (QED) is 0.801. The first-order valence-corrected chi connectivity index (χ1v) is 6.84. The van der Waals surface area contributed by atoms with Gasteiger partial charge >= 0.3 is 0 Å². The predicted octanol–water partition coefficient (Wildman–Crippen LogP) is 3.28. The highest BCUT2D eigenvalue weighted by Gasteiger charge is 2.20. The topological polar surface area (TPSA) is 52.8 Å². The molecule has 0 fully saturated rings. The van der Waals surface area contributed by atoms with E-state index in [0.29, 0.717) is 13.0 Å². The minimum Gasteiger partial charge on any atom is -0.356 e. The highest BCUT2D eigenvalue weighted by Crippen LogP contribution is 2.24. The molecule has 1 aromatic rings. The van der Waals surface area contributed by atoms with Crippen LogP contribution in [-0.2, 0) is 5.41 Å². The lowest BCUT2D eigenvalue weighted by atomic mass is 9.96. The maximum Gasteiger partial charge on any atom is 0.137 e. The zero-order valence-electron chi connectivity index (χ0n) is 11.4. The third kappa shape index (κ3) is 3.95. The molecule has 0 N–H and O–H groups in total. The van der Waals surface area contributed by atoms with Gasteiger partial charge in [-0.1, -0.05) is 20.8 Å². The Balaban J connectivity index is 3.08. The molecule has 0 bridgehead atoms. The van der Waals surface area contributed by atoms with Crippen molar-refractivity contribution >= 4 is 21.7 Å². The summed E-state index contributed by atoms with van der Waals surface area (Å²) in [7, 11) is 0. The number of nitrogens with zero attached hydrogens (tertiary/aromatic N) is 4. The van der Waals surface area contributed by atoms with E-state index in [0.717, 1.165) is 22.8 Å². The predicted molar refractivity (Wildman–Crippen MR) is 76.5 cm³/mol. The normalized spacial score (nSPS) is 11.1. The molecule has 98 valence electrons. The second-order valence-electron chi connectivity index (χ2n) is 5.11. The lowest BCUT2D eigenvalue weighted by molar-refractivity contribution is 0.542. The molecule has 18 heavy (non-hydrogen) atoms. The Hall–Kier alpha value is -1.15. The molecule has 1 aromatic heterocycles. The van der Waals surface area contributed by atoms with Gasteiger partial charge in [-0.15, -0.1) is 0 Å². The number of nitriles is 1. The van der Waals surface area contributed by atoms with E-state index in [1.165, 1.54) is 0 Å². The van der Waals surface area contributed by atoms with Crippen LogP contribution < -0.4 is 4.90 Å². The summed E-state index contributed by atoms with van der Waals surface area (Å²) in [4.78, 5) is 11.1. The van der Waals surface area contributed by atoms with Crippen molar-refractivity contribution in [2.75, 3.05) is 18.0 Å². The summed E-state index contributed by atoms with van der Waals surface area (Å²) >= 11 is 3.43. The molecule has 0 saturated carbocycles. The molecule has 0 aromatic carbocycles. The summed E-state index contributed by atoms with van der Waals surface area (Å²) < 4.78 is 0.785. The molecule has 4 nitrogen and oxygen atoms in total. The minimum atomic E-state index is -0.0901. The zero-order chi connectivity index (χ0) is 13.8. The zero-order valence-corrected chi connectivity index (χ0v) is 13.0. The summed E-state index contributed by atoms with van der Waals surface area (Å²) in [5.41, 5.74) is -0.0901. The largest absolute Gasteiger partial charge is 0.356 e. The Kier molecular flexibility index (Phi) is 5.09. The molecule has 1 heterocycles. The third-order valence-corrected chi connectivity index (χ3v) is 2.96. The van der Waals surface area contributed by atoms with Gasteiger partial charge in [0.15, 0.2) is 0 Å². The fourth-order valence-electron chi connectivity index (χ4n) is 1.52. The van der Waals surface area contributed by atoms with E-state index < -0.39 is 0 Å². The van der Waals surface area contributed by atoms with Crippen LogP contribution in [0.15, 0.2) is 10.7 Å². The van der Waals surface area contributed by atoms with Crippen LogP contribution in [0.25, 0.3) is 0 Å². The van der Waals surface area contributed by atoms with Crippen LogP contribution in [0.4, 0.5) is 5.82 Å². The Morgan fingerprint density at radius 3 is 2.56 bits per heavy atom. The summed E-state index contributed by atoms with van der Waals surface area (Å²) in [6.45, 7) is 9.84. The molecule has 0 unspecified atom stereocenters. The monoisotopic (exact) mass is 310 g/mol. The Bertz CT molecular complexity index is 445. The molecule has 0 atom stereocenters. The van der Waals surface area contributed by atoms with Gasteiger partial charge in [-0.2, -0.15) is 5.26 Å². The van der Waals surface area contributed by atoms with Crippen LogP contribution in [-0.4, -0.2) is 23.1 Å². The van der Waals surface area contributed by atoms with E-state index in [4.69, 9.17) is 5.26 Å². The van der Waals surface area contributed by atoms with E-state index in [-0.39, 0.29) is 5.41 Å². The second kappa shape index (κ2) is 6.14. The van der Waals surface area contributed by atoms with Gasteiger partial charge in [-0.25, -0.2) is 9.97 Å². The molecule has 0 aliphatic carbocycles. The number of halogens is 1. The molecule has 1 rings (SSSR count). The first-order valence-electron chi connectivity index (χ1n) is 6.05. The van der Waals surface area contributed by atoms with Crippen molar-refractivity contribution < 1.29 is 0 Å². The Morgan fingerprint density at radius 2 is 2.06 bits per heavy atom. The summed E-state index contributed by atoms with van der Waals surface area (Å²) in [6, 6.07) is 4.06. The Morgan fingerprint density at radius 1 is 1.39 bits per heavy atom. The van der Waals surface area contributed by atoms with Gasteiger partial charge in [-0.3, -0.25) is 0 Å². The van der Waals surface area contributed by atoms with Crippen molar-refractivity contribution in [1.29, 1.82) is 5.26 Å². The first-order chi connectivity index (χ1) is 8.38. The van der Waals surface area contributed by atoms with Crippen LogP contribution in [0.2, 0.25) is 0 Å². The molecular formula is C13H19BrN4. The smallest absolute Gasteiger partial charge is 0.137 e. The van der Waals surface area contributed by atoms with E-state index >= 15 is 0 Å². The van der Waals surface area contributed by atoms with Gasteiger partial charge < -0.3 is 4.90 Å². The highest BCUT2D eigenvalue weighted by atomic mass is 79.9. The van der Waals surface area contributed by atoms with Crippen molar-refractivity contribution in [1.82, 2.24) is 9.97 Å². The summed E-state index contributed by atoms with van der Waals surface area (Å²) in [6.07, 6.45) is 0.500. The van der Waals surface area contributed by atoms with Crippen LogP contribution in [0.5, 0.6) is 0 Å². The highest BCUT2D eigenvalue weighted by molar-refractivity contribution is 9.10. The number of hydrogen-bond acceptors (Lipinski definition) is 4. The number of rotatable bonds is 4. The molecular weight excluding hydrogens is 292 g/mol. The van der Waals surface area contributed by atoms with Gasteiger partial charge in [0.25, 0.3) is 0 Å².